The maximum Gasteiger partial charge on any atom is 0.253 e. The van der Waals surface area contributed by atoms with Gasteiger partial charge in [-0.25, -0.2) is 8.42 Å². The molecule has 0 amide bonds. The third-order valence-corrected chi connectivity index (χ3v) is 7.91. The van der Waals surface area contributed by atoms with Gasteiger partial charge in [0.05, 0.1) is 0 Å². The van der Waals surface area contributed by atoms with E-state index in [-0.39, 0.29) is 0 Å². The Morgan fingerprint density at radius 1 is 1.56 bits per heavy atom. The van der Waals surface area contributed by atoms with Crippen molar-refractivity contribution in [2.45, 2.75) is 23.6 Å². The molecule has 1 fully saturated rings. The molecule has 1 N–H and O–H groups in total. The average molecular weight is 353 g/mol. The van der Waals surface area contributed by atoms with Gasteiger partial charge in [0.2, 0.25) is 0 Å². The van der Waals surface area contributed by atoms with Crippen LogP contribution < -0.4 is 5.32 Å². The highest BCUT2D eigenvalue weighted by Gasteiger charge is 2.34. The maximum atomic E-state index is 12.5. The summed E-state index contributed by atoms with van der Waals surface area (Å²) in [6.45, 7) is 3.26. The number of nitrogens with zero attached hydrogens (tertiary/aromatic N) is 1. The predicted molar refractivity (Wildman–Crippen MR) is 77.4 cm³/mol. The third-order valence-electron chi connectivity index (χ3n) is 3.40. The first-order valence-corrected chi connectivity index (χ1v) is 8.98. The van der Waals surface area contributed by atoms with Crippen molar-refractivity contribution in [3.63, 3.8) is 0 Å². The van der Waals surface area contributed by atoms with Crippen molar-refractivity contribution in [3.05, 3.63) is 15.9 Å². The van der Waals surface area contributed by atoms with Gasteiger partial charge in [-0.3, -0.25) is 0 Å². The van der Waals surface area contributed by atoms with E-state index in [4.69, 9.17) is 0 Å². The molecule has 1 aliphatic heterocycles. The van der Waals surface area contributed by atoms with E-state index < -0.39 is 10.0 Å². The van der Waals surface area contributed by atoms with E-state index in [1.807, 2.05) is 7.05 Å². The lowest BCUT2D eigenvalue weighted by molar-refractivity contribution is 0.228. The van der Waals surface area contributed by atoms with Crippen molar-refractivity contribution < 1.29 is 8.42 Å². The predicted octanol–water partition coefficient (Wildman–Crippen LogP) is 2.13. The van der Waals surface area contributed by atoms with E-state index in [1.54, 1.807) is 15.8 Å². The van der Waals surface area contributed by atoms with E-state index in [0.717, 1.165) is 6.42 Å². The van der Waals surface area contributed by atoms with Gasteiger partial charge in [-0.15, -0.1) is 11.3 Å². The quantitative estimate of drug-likeness (QED) is 0.906. The molecular weight excluding hydrogens is 336 g/mol. The minimum Gasteiger partial charge on any atom is -0.317 e. The Labute approximate surface area is 121 Å². The molecular formula is C11H17BrN2O2S2. The molecule has 0 aliphatic carbocycles. The largest absolute Gasteiger partial charge is 0.317 e. The summed E-state index contributed by atoms with van der Waals surface area (Å²) in [4.78, 5) is 0. The van der Waals surface area contributed by atoms with Gasteiger partial charge in [-0.05, 0) is 46.8 Å². The van der Waals surface area contributed by atoms with Crippen molar-refractivity contribution in [1.82, 2.24) is 9.62 Å². The minimum atomic E-state index is -3.34. The lowest BCUT2D eigenvalue weighted by Crippen LogP contribution is -2.49. The van der Waals surface area contributed by atoms with Crippen LogP contribution in [0.4, 0.5) is 0 Å². The van der Waals surface area contributed by atoms with Crippen LogP contribution in [0.15, 0.2) is 20.1 Å². The van der Waals surface area contributed by atoms with Crippen LogP contribution in [0.5, 0.6) is 0 Å². The average Bonchev–Trinajstić information content (AvgIpc) is 2.76. The zero-order valence-electron chi connectivity index (χ0n) is 10.4. The summed E-state index contributed by atoms with van der Waals surface area (Å²) in [6.07, 6.45) is 0.861. The van der Waals surface area contributed by atoms with Crippen LogP contribution >= 0.6 is 27.3 Å². The van der Waals surface area contributed by atoms with Crippen LogP contribution in [0.1, 0.15) is 13.3 Å². The highest BCUT2D eigenvalue weighted by molar-refractivity contribution is 9.10. The highest BCUT2D eigenvalue weighted by atomic mass is 79.9. The smallest absolute Gasteiger partial charge is 0.253 e. The molecule has 1 aliphatic rings. The van der Waals surface area contributed by atoms with E-state index in [0.29, 0.717) is 33.7 Å². The standard InChI is InChI=1S/C11H17BrN2O2S2/c1-8-7-14(5-3-10(8)13-2)18(15,16)11-9(12)4-6-17-11/h4,6,8,10,13H,3,5,7H2,1-2H3. The number of piperidine rings is 1. The van der Waals surface area contributed by atoms with Crippen molar-refractivity contribution in [2.75, 3.05) is 20.1 Å². The molecule has 0 bridgehead atoms. The van der Waals surface area contributed by atoms with Gasteiger partial charge in [0.1, 0.15) is 4.21 Å². The van der Waals surface area contributed by atoms with Crippen molar-refractivity contribution in [3.8, 4) is 0 Å². The van der Waals surface area contributed by atoms with Crippen molar-refractivity contribution in [2.24, 2.45) is 5.92 Å². The molecule has 1 aromatic heterocycles. The first kappa shape index (κ1) is 14.5. The summed E-state index contributed by atoms with van der Waals surface area (Å²) in [5, 5.41) is 5.04. The van der Waals surface area contributed by atoms with Crippen LogP contribution in [0.3, 0.4) is 0 Å². The van der Waals surface area contributed by atoms with Crippen LogP contribution in [0.2, 0.25) is 0 Å². The molecule has 2 unspecified atom stereocenters. The van der Waals surface area contributed by atoms with E-state index >= 15 is 0 Å². The summed E-state index contributed by atoms with van der Waals surface area (Å²) in [5.41, 5.74) is 0. The summed E-state index contributed by atoms with van der Waals surface area (Å²) in [5.74, 6) is 0.331. The third kappa shape index (κ3) is 2.65. The first-order valence-electron chi connectivity index (χ1n) is 5.87. The summed E-state index contributed by atoms with van der Waals surface area (Å²) < 4.78 is 27.7. The fraction of sp³-hybridized carbons (Fsp3) is 0.636. The van der Waals surface area contributed by atoms with E-state index in [2.05, 4.69) is 28.2 Å². The zero-order chi connectivity index (χ0) is 13.3. The SMILES string of the molecule is CNC1CCN(S(=O)(=O)c2sccc2Br)CC1C. The van der Waals surface area contributed by atoms with Gasteiger partial charge in [-0.1, -0.05) is 6.92 Å². The summed E-state index contributed by atoms with van der Waals surface area (Å²) in [6, 6.07) is 2.18. The Morgan fingerprint density at radius 2 is 2.28 bits per heavy atom. The molecule has 1 aromatic rings. The van der Waals surface area contributed by atoms with Crippen LogP contribution in [-0.4, -0.2) is 38.9 Å². The molecule has 2 atom stereocenters. The van der Waals surface area contributed by atoms with E-state index in [1.165, 1.54) is 11.3 Å². The van der Waals surface area contributed by atoms with Gasteiger partial charge >= 0.3 is 0 Å². The number of halogens is 1. The molecule has 1 saturated heterocycles. The number of sulfonamides is 1. The molecule has 2 rings (SSSR count). The molecule has 4 nitrogen and oxygen atoms in total. The number of nitrogens with one attached hydrogen (secondary N) is 1. The fourth-order valence-corrected chi connectivity index (χ4v) is 6.34. The maximum absolute atomic E-state index is 12.5. The molecule has 18 heavy (non-hydrogen) atoms. The molecule has 102 valence electrons. The van der Waals surface area contributed by atoms with Crippen molar-refractivity contribution in [1.29, 1.82) is 0 Å². The molecule has 7 heteroatoms. The van der Waals surface area contributed by atoms with Gasteiger partial charge in [0.15, 0.2) is 0 Å². The number of rotatable bonds is 3. The Hall–Kier alpha value is 0.0500. The van der Waals surface area contributed by atoms with E-state index in [9.17, 15) is 8.42 Å². The lowest BCUT2D eigenvalue weighted by Gasteiger charge is -2.35. The molecule has 2 heterocycles. The minimum absolute atomic E-state index is 0.331. The first-order chi connectivity index (χ1) is 8.46. The van der Waals surface area contributed by atoms with Crippen LogP contribution in [0.25, 0.3) is 0 Å². The Kier molecular flexibility index (Phi) is 4.48. The van der Waals surface area contributed by atoms with Crippen molar-refractivity contribution >= 4 is 37.3 Å². The number of thiophene rings is 1. The van der Waals surface area contributed by atoms with Gasteiger partial charge in [0.25, 0.3) is 10.0 Å². The van der Waals surface area contributed by atoms with Gasteiger partial charge in [0, 0.05) is 23.6 Å². The topological polar surface area (TPSA) is 49.4 Å². The van der Waals surface area contributed by atoms with Crippen LogP contribution in [0, 0.1) is 5.92 Å². The Balaban J connectivity index is 2.21. The monoisotopic (exact) mass is 352 g/mol. The molecule has 0 aromatic carbocycles. The van der Waals surface area contributed by atoms with Crippen LogP contribution in [-0.2, 0) is 10.0 Å². The second-order valence-electron chi connectivity index (χ2n) is 4.58. The van der Waals surface area contributed by atoms with Gasteiger partial charge in [-0.2, -0.15) is 4.31 Å². The Bertz CT molecular complexity index is 515. The summed E-state index contributed by atoms with van der Waals surface area (Å²) >= 11 is 4.57. The zero-order valence-corrected chi connectivity index (χ0v) is 13.6. The molecule has 0 spiro atoms. The Morgan fingerprint density at radius 3 is 2.78 bits per heavy atom. The second-order valence-corrected chi connectivity index (χ2v) is 8.48. The second kappa shape index (κ2) is 5.58. The fourth-order valence-electron chi connectivity index (χ4n) is 2.34. The number of hydrogen-bond acceptors (Lipinski definition) is 4. The van der Waals surface area contributed by atoms with Gasteiger partial charge < -0.3 is 5.32 Å². The summed E-state index contributed by atoms with van der Waals surface area (Å²) in [7, 11) is -1.41. The molecule has 0 saturated carbocycles. The normalized spacial score (nSPS) is 26.4. The number of hydrogen-bond donors (Lipinski definition) is 1. The lowest BCUT2D eigenvalue weighted by atomic mass is 9.96. The molecule has 0 radical (unpaired) electrons. The highest BCUT2D eigenvalue weighted by Crippen LogP contribution is 2.32.